The first-order chi connectivity index (χ1) is 8.76. The van der Waals surface area contributed by atoms with E-state index in [0.29, 0.717) is 19.8 Å². The number of rotatable bonds is 10. The van der Waals surface area contributed by atoms with Crippen LogP contribution in [0.1, 0.15) is 12.8 Å². The lowest BCUT2D eigenvalue weighted by atomic mass is 10.2. The lowest BCUT2D eigenvalue weighted by Crippen LogP contribution is -2.42. The largest absolute Gasteiger partial charge is 0.395 e. The van der Waals surface area contributed by atoms with Crippen molar-refractivity contribution in [1.82, 2.24) is 5.32 Å². The highest BCUT2D eigenvalue weighted by Gasteiger charge is 2.16. The Labute approximate surface area is 108 Å². The van der Waals surface area contributed by atoms with E-state index in [9.17, 15) is 5.11 Å². The van der Waals surface area contributed by atoms with Crippen LogP contribution in [0.15, 0.2) is 0 Å². The number of hydrogen-bond donors (Lipinski definition) is 3. The summed E-state index contributed by atoms with van der Waals surface area (Å²) in [4.78, 5) is 0. The predicted octanol–water partition coefficient (Wildman–Crippen LogP) is -0.860. The van der Waals surface area contributed by atoms with Gasteiger partial charge < -0.3 is 29.7 Å². The van der Waals surface area contributed by atoms with E-state index in [4.69, 9.17) is 19.3 Å². The molecule has 1 saturated heterocycles. The van der Waals surface area contributed by atoms with Crippen molar-refractivity contribution >= 4 is 0 Å². The second-order valence-electron chi connectivity index (χ2n) is 4.57. The Hall–Kier alpha value is -0.240. The van der Waals surface area contributed by atoms with Crippen LogP contribution in [-0.2, 0) is 14.2 Å². The maximum Gasteiger partial charge on any atom is 0.0897 e. The second kappa shape index (κ2) is 9.66. The highest BCUT2D eigenvalue weighted by Crippen LogP contribution is 2.11. The summed E-state index contributed by atoms with van der Waals surface area (Å²) in [5, 5.41) is 21.7. The molecule has 0 saturated carbocycles. The zero-order chi connectivity index (χ0) is 13.2. The van der Waals surface area contributed by atoms with Crippen molar-refractivity contribution < 1.29 is 24.4 Å². The molecule has 3 unspecified atom stereocenters. The van der Waals surface area contributed by atoms with Crippen molar-refractivity contribution in [3.63, 3.8) is 0 Å². The lowest BCUT2D eigenvalue weighted by Gasteiger charge is -2.18. The van der Waals surface area contributed by atoms with E-state index >= 15 is 0 Å². The molecular formula is C12H25NO5. The first-order valence-corrected chi connectivity index (χ1v) is 6.46. The van der Waals surface area contributed by atoms with E-state index < -0.39 is 6.10 Å². The van der Waals surface area contributed by atoms with Crippen LogP contribution in [0.4, 0.5) is 0 Å². The van der Waals surface area contributed by atoms with Gasteiger partial charge in [-0.3, -0.25) is 0 Å². The molecule has 0 aromatic carbocycles. The molecule has 0 aromatic heterocycles. The van der Waals surface area contributed by atoms with Crippen molar-refractivity contribution in [2.45, 2.75) is 31.1 Å². The molecule has 0 aromatic rings. The van der Waals surface area contributed by atoms with Crippen LogP contribution < -0.4 is 5.32 Å². The summed E-state index contributed by atoms with van der Waals surface area (Å²) in [6, 6.07) is -0.150. The van der Waals surface area contributed by atoms with Gasteiger partial charge in [0.15, 0.2) is 0 Å². The molecule has 3 N–H and O–H groups in total. The van der Waals surface area contributed by atoms with Gasteiger partial charge in [-0.15, -0.1) is 0 Å². The van der Waals surface area contributed by atoms with E-state index in [0.717, 1.165) is 19.4 Å². The Bertz CT molecular complexity index is 199. The second-order valence-corrected chi connectivity index (χ2v) is 4.57. The zero-order valence-corrected chi connectivity index (χ0v) is 11.0. The first kappa shape index (κ1) is 15.8. The number of methoxy groups -OCH3 is 1. The van der Waals surface area contributed by atoms with Gasteiger partial charge in [-0.05, 0) is 12.8 Å². The maximum atomic E-state index is 9.68. The summed E-state index contributed by atoms with van der Waals surface area (Å²) in [7, 11) is 1.57. The monoisotopic (exact) mass is 263 g/mol. The van der Waals surface area contributed by atoms with Crippen molar-refractivity contribution in [1.29, 1.82) is 0 Å². The van der Waals surface area contributed by atoms with Gasteiger partial charge in [-0.2, -0.15) is 0 Å². The fourth-order valence-electron chi connectivity index (χ4n) is 1.85. The summed E-state index contributed by atoms with van der Waals surface area (Å²) < 4.78 is 15.7. The smallest absolute Gasteiger partial charge is 0.0897 e. The number of aliphatic hydroxyl groups excluding tert-OH is 2. The molecule has 0 aliphatic carbocycles. The van der Waals surface area contributed by atoms with Crippen LogP contribution in [0.3, 0.4) is 0 Å². The number of nitrogens with one attached hydrogen (secondary N) is 1. The van der Waals surface area contributed by atoms with E-state index in [-0.39, 0.29) is 25.4 Å². The highest BCUT2D eigenvalue weighted by atomic mass is 16.5. The molecule has 1 aliphatic heterocycles. The van der Waals surface area contributed by atoms with Crippen molar-refractivity contribution in [2.24, 2.45) is 0 Å². The van der Waals surface area contributed by atoms with Crippen LogP contribution in [0, 0.1) is 0 Å². The van der Waals surface area contributed by atoms with Gasteiger partial charge in [0.25, 0.3) is 0 Å². The van der Waals surface area contributed by atoms with Gasteiger partial charge in [0, 0.05) is 20.3 Å². The molecule has 18 heavy (non-hydrogen) atoms. The molecule has 0 radical (unpaired) electrons. The lowest BCUT2D eigenvalue weighted by molar-refractivity contribution is -0.0179. The molecule has 6 heteroatoms. The highest BCUT2D eigenvalue weighted by molar-refractivity contribution is 4.68. The summed E-state index contributed by atoms with van der Waals surface area (Å²) >= 11 is 0. The van der Waals surface area contributed by atoms with Crippen LogP contribution in [-0.4, -0.2) is 75.2 Å². The van der Waals surface area contributed by atoms with Gasteiger partial charge in [0.2, 0.25) is 0 Å². The molecule has 1 fully saturated rings. The van der Waals surface area contributed by atoms with Crippen LogP contribution in [0.25, 0.3) is 0 Å². The molecule has 1 aliphatic rings. The molecule has 0 spiro atoms. The Balaban J connectivity index is 2.00. The van der Waals surface area contributed by atoms with Crippen LogP contribution >= 0.6 is 0 Å². The topological polar surface area (TPSA) is 80.2 Å². The molecule has 1 heterocycles. The van der Waals surface area contributed by atoms with E-state index in [2.05, 4.69) is 5.32 Å². The normalized spacial score (nSPS) is 23.2. The third kappa shape index (κ3) is 6.63. The fourth-order valence-corrected chi connectivity index (χ4v) is 1.85. The number of ether oxygens (including phenoxy) is 3. The zero-order valence-electron chi connectivity index (χ0n) is 11.0. The average Bonchev–Trinajstić information content (AvgIpc) is 2.87. The fraction of sp³-hybridized carbons (Fsp3) is 1.00. The quantitative estimate of drug-likeness (QED) is 0.476. The third-order valence-electron chi connectivity index (χ3n) is 2.87. The van der Waals surface area contributed by atoms with Crippen molar-refractivity contribution in [3.8, 4) is 0 Å². The van der Waals surface area contributed by atoms with Crippen molar-refractivity contribution in [3.05, 3.63) is 0 Å². The van der Waals surface area contributed by atoms with Crippen LogP contribution in [0.5, 0.6) is 0 Å². The minimum absolute atomic E-state index is 0.0165. The Morgan fingerprint density at radius 3 is 2.89 bits per heavy atom. The molecule has 1 rings (SSSR count). The maximum absolute atomic E-state index is 9.68. The molecule has 0 bridgehead atoms. The summed E-state index contributed by atoms with van der Waals surface area (Å²) in [6.45, 7) is 2.40. The third-order valence-corrected chi connectivity index (χ3v) is 2.87. The molecule has 0 amide bonds. The Kier molecular flexibility index (Phi) is 8.49. The summed E-state index contributed by atoms with van der Waals surface area (Å²) in [6.07, 6.45) is 1.73. The minimum atomic E-state index is -0.586. The molecule has 3 atom stereocenters. The summed E-state index contributed by atoms with van der Waals surface area (Å²) in [5.74, 6) is 0. The predicted molar refractivity (Wildman–Crippen MR) is 66.6 cm³/mol. The van der Waals surface area contributed by atoms with Crippen LogP contribution in [0.2, 0.25) is 0 Å². The van der Waals surface area contributed by atoms with Gasteiger partial charge >= 0.3 is 0 Å². The SMILES string of the molecule is COCC(CO)NCC(O)COCC1CCCO1. The summed E-state index contributed by atoms with van der Waals surface area (Å²) in [5.41, 5.74) is 0. The molecular weight excluding hydrogens is 238 g/mol. The Morgan fingerprint density at radius 1 is 1.44 bits per heavy atom. The van der Waals surface area contributed by atoms with E-state index in [1.807, 2.05) is 0 Å². The number of hydrogen-bond acceptors (Lipinski definition) is 6. The van der Waals surface area contributed by atoms with Gasteiger partial charge in [-0.1, -0.05) is 0 Å². The molecule has 6 nitrogen and oxygen atoms in total. The first-order valence-electron chi connectivity index (χ1n) is 6.46. The average molecular weight is 263 g/mol. The van der Waals surface area contributed by atoms with E-state index in [1.165, 1.54) is 0 Å². The van der Waals surface area contributed by atoms with Gasteiger partial charge in [-0.25, -0.2) is 0 Å². The standard InChI is InChI=1S/C12H25NO5/c1-16-7-10(6-14)13-5-11(15)8-17-9-12-3-2-4-18-12/h10-15H,2-9H2,1H3. The Morgan fingerprint density at radius 2 is 2.28 bits per heavy atom. The van der Waals surface area contributed by atoms with E-state index in [1.54, 1.807) is 7.11 Å². The molecule has 108 valence electrons. The van der Waals surface area contributed by atoms with Gasteiger partial charge in [0.05, 0.1) is 44.7 Å². The van der Waals surface area contributed by atoms with Crippen molar-refractivity contribution in [2.75, 3.05) is 46.7 Å². The number of aliphatic hydroxyl groups is 2. The van der Waals surface area contributed by atoms with Gasteiger partial charge in [0.1, 0.15) is 0 Å². The minimum Gasteiger partial charge on any atom is -0.395 e.